The number of carbonyl (C=O) groups is 1. The Morgan fingerprint density at radius 1 is 0.800 bits per heavy atom. The van der Waals surface area contributed by atoms with Crippen LogP contribution < -0.4 is 0 Å². The molecule has 142 valence electrons. The Kier molecular flexibility index (Phi) is 13.0. The van der Waals surface area contributed by atoms with Gasteiger partial charge in [-0.15, -0.1) is 0 Å². The van der Waals surface area contributed by atoms with Crippen LogP contribution in [0.15, 0.2) is 24.3 Å². The van der Waals surface area contributed by atoms with Gasteiger partial charge in [0.2, 0.25) is 0 Å². The van der Waals surface area contributed by atoms with E-state index in [9.17, 15) is 4.79 Å². The van der Waals surface area contributed by atoms with Crippen molar-refractivity contribution in [2.45, 2.75) is 96.8 Å². The number of alkyl halides is 1. The van der Waals surface area contributed by atoms with E-state index in [0.717, 1.165) is 5.56 Å². The van der Waals surface area contributed by atoms with Crippen LogP contribution in [0, 0.1) is 0 Å². The SMILES string of the molecule is CCCCCCCCC(CCCCCC)c1ccc(C(=O)CBr)cc1. The van der Waals surface area contributed by atoms with Crippen LogP contribution in [0.3, 0.4) is 0 Å². The van der Waals surface area contributed by atoms with Gasteiger partial charge < -0.3 is 0 Å². The Balaban J connectivity index is 2.55. The largest absolute Gasteiger partial charge is 0.293 e. The molecule has 0 N–H and O–H groups in total. The molecule has 0 aliphatic rings. The number of Topliss-reactive ketones (excluding diaryl/α,β-unsaturated/α-hetero) is 1. The van der Waals surface area contributed by atoms with Crippen molar-refractivity contribution in [1.82, 2.24) is 0 Å². The Labute approximate surface area is 164 Å². The molecule has 0 spiro atoms. The number of ketones is 1. The van der Waals surface area contributed by atoms with E-state index >= 15 is 0 Å². The van der Waals surface area contributed by atoms with Crippen molar-refractivity contribution in [1.29, 1.82) is 0 Å². The van der Waals surface area contributed by atoms with E-state index in [2.05, 4.69) is 41.9 Å². The van der Waals surface area contributed by atoms with Crippen molar-refractivity contribution >= 4 is 21.7 Å². The van der Waals surface area contributed by atoms with Crippen molar-refractivity contribution in [2.75, 3.05) is 5.33 Å². The van der Waals surface area contributed by atoms with Crippen LogP contribution in [0.2, 0.25) is 0 Å². The quantitative estimate of drug-likeness (QED) is 0.163. The highest BCUT2D eigenvalue weighted by Crippen LogP contribution is 2.29. The minimum Gasteiger partial charge on any atom is -0.293 e. The van der Waals surface area contributed by atoms with E-state index in [4.69, 9.17) is 0 Å². The molecule has 0 aliphatic carbocycles. The highest BCUT2D eigenvalue weighted by atomic mass is 79.9. The standard InChI is InChI=1S/C23H37BrO/c1-3-5-7-9-10-12-14-20(13-11-8-6-4-2)21-15-17-22(18-16-21)23(25)19-24/h15-18,20H,3-14,19H2,1-2H3. The fourth-order valence-electron chi connectivity index (χ4n) is 3.48. The summed E-state index contributed by atoms with van der Waals surface area (Å²) in [5.74, 6) is 0.832. The number of hydrogen-bond acceptors (Lipinski definition) is 1. The van der Waals surface area contributed by atoms with Gasteiger partial charge in [-0.25, -0.2) is 0 Å². The van der Waals surface area contributed by atoms with Gasteiger partial charge in [0.25, 0.3) is 0 Å². The van der Waals surface area contributed by atoms with Crippen LogP contribution in [0.1, 0.15) is 113 Å². The zero-order chi connectivity index (χ0) is 18.3. The molecule has 0 radical (unpaired) electrons. The summed E-state index contributed by atoms with van der Waals surface area (Å²) in [6.07, 6.45) is 16.1. The van der Waals surface area contributed by atoms with Crippen molar-refractivity contribution in [2.24, 2.45) is 0 Å². The Morgan fingerprint density at radius 3 is 1.80 bits per heavy atom. The van der Waals surface area contributed by atoms with E-state index in [1.54, 1.807) is 0 Å². The summed E-state index contributed by atoms with van der Waals surface area (Å²) in [5.41, 5.74) is 2.25. The molecule has 0 saturated heterocycles. The lowest BCUT2D eigenvalue weighted by molar-refractivity contribution is 0.102. The molecule has 1 rings (SSSR count). The maximum Gasteiger partial charge on any atom is 0.173 e. The summed E-state index contributed by atoms with van der Waals surface area (Å²) in [7, 11) is 0. The van der Waals surface area contributed by atoms with Gasteiger partial charge in [-0.1, -0.05) is 118 Å². The maximum atomic E-state index is 11.8. The van der Waals surface area contributed by atoms with E-state index in [-0.39, 0.29) is 5.78 Å². The average molecular weight is 409 g/mol. The lowest BCUT2D eigenvalue weighted by Gasteiger charge is -2.18. The van der Waals surface area contributed by atoms with Gasteiger partial charge >= 0.3 is 0 Å². The zero-order valence-electron chi connectivity index (χ0n) is 16.4. The predicted molar refractivity (Wildman–Crippen MR) is 114 cm³/mol. The zero-order valence-corrected chi connectivity index (χ0v) is 18.0. The van der Waals surface area contributed by atoms with Crippen molar-refractivity contribution in [3.05, 3.63) is 35.4 Å². The first-order valence-corrected chi connectivity index (χ1v) is 11.5. The monoisotopic (exact) mass is 408 g/mol. The molecule has 0 aliphatic heterocycles. The highest BCUT2D eigenvalue weighted by molar-refractivity contribution is 9.09. The van der Waals surface area contributed by atoms with E-state index in [1.165, 1.54) is 82.6 Å². The van der Waals surface area contributed by atoms with Gasteiger partial charge in [0.1, 0.15) is 0 Å². The lowest BCUT2D eigenvalue weighted by atomic mass is 9.87. The molecule has 1 aromatic carbocycles. The fourth-order valence-corrected chi connectivity index (χ4v) is 3.81. The first kappa shape index (κ1) is 22.4. The molecule has 2 heteroatoms. The summed E-state index contributed by atoms with van der Waals surface area (Å²) in [6, 6.07) is 8.41. The Bertz CT molecular complexity index is 452. The fraction of sp³-hybridized carbons (Fsp3) is 0.696. The second-order valence-electron chi connectivity index (χ2n) is 7.28. The third-order valence-electron chi connectivity index (χ3n) is 5.14. The lowest BCUT2D eigenvalue weighted by Crippen LogP contribution is -2.03. The summed E-state index contributed by atoms with van der Waals surface area (Å²) < 4.78 is 0. The summed E-state index contributed by atoms with van der Waals surface area (Å²) in [4.78, 5) is 11.8. The number of halogens is 1. The molecule has 0 bridgehead atoms. The van der Waals surface area contributed by atoms with E-state index < -0.39 is 0 Å². The second-order valence-corrected chi connectivity index (χ2v) is 7.84. The molecule has 1 atom stereocenters. The van der Waals surface area contributed by atoms with Gasteiger partial charge in [-0.05, 0) is 24.3 Å². The van der Waals surface area contributed by atoms with Crippen LogP contribution >= 0.6 is 15.9 Å². The first-order valence-electron chi connectivity index (χ1n) is 10.4. The first-order chi connectivity index (χ1) is 12.2. The molecular formula is C23H37BrO. The van der Waals surface area contributed by atoms with E-state index in [0.29, 0.717) is 11.2 Å². The molecule has 0 saturated carbocycles. The number of benzene rings is 1. The molecule has 0 heterocycles. The van der Waals surface area contributed by atoms with E-state index in [1.807, 2.05) is 12.1 Å². The van der Waals surface area contributed by atoms with Gasteiger partial charge in [-0.3, -0.25) is 4.79 Å². The number of hydrogen-bond donors (Lipinski definition) is 0. The van der Waals surface area contributed by atoms with Gasteiger partial charge in [0, 0.05) is 5.56 Å². The molecule has 1 nitrogen and oxygen atoms in total. The molecular weight excluding hydrogens is 372 g/mol. The normalized spacial score (nSPS) is 12.3. The molecule has 1 unspecified atom stereocenters. The second kappa shape index (κ2) is 14.5. The molecule has 0 amide bonds. The van der Waals surface area contributed by atoms with Gasteiger partial charge in [-0.2, -0.15) is 0 Å². The van der Waals surface area contributed by atoms with Crippen LogP contribution in [-0.4, -0.2) is 11.1 Å². The van der Waals surface area contributed by atoms with Gasteiger partial charge in [0.15, 0.2) is 5.78 Å². The number of unbranched alkanes of at least 4 members (excludes halogenated alkanes) is 8. The minimum atomic E-state index is 0.168. The molecule has 0 fully saturated rings. The third-order valence-corrected chi connectivity index (χ3v) is 5.65. The van der Waals surface area contributed by atoms with Crippen LogP contribution in [0.4, 0.5) is 0 Å². The summed E-state index contributed by atoms with van der Waals surface area (Å²) in [6.45, 7) is 4.55. The topological polar surface area (TPSA) is 17.1 Å². The van der Waals surface area contributed by atoms with Crippen molar-refractivity contribution in [3.63, 3.8) is 0 Å². The summed E-state index contributed by atoms with van der Waals surface area (Å²) in [5, 5.41) is 0.407. The van der Waals surface area contributed by atoms with Gasteiger partial charge in [0.05, 0.1) is 5.33 Å². The highest BCUT2D eigenvalue weighted by Gasteiger charge is 2.12. The maximum absolute atomic E-state index is 11.8. The third kappa shape index (κ3) is 9.58. The smallest absolute Gasteiger partial charge is 0.173 e. The van der Waals surface area contributed by atoms with Crippen molar-refractivity contribution < 1.29 is 4.79 Å². The molecule has 1 aromatic rings. The van der Waals surface area contributed by atoms with Crippen LogP contribution in [-0.2, 0) is 0 Å². The minimum absolute atomic E-state index is 0.168. The van der Waals surface area contributed by atoms with Crippen LogP contribution in [0.25, 0.3) is 0 Å². The Hall–Kier alpha value is -0.630. The molecule has 25 heavy (non-hydrogen) atoms. The number of rotatable bonds is 15. The van der Waals surface area contributed by atoms with Crippen molar-refractivity contribution in [3.8, 4) is 0 Å². The summed E-state index contributed by atoms with van der Waals surface area (Å²) >= 11 is 3.26. The van der Waals surface area contributed by atoms with Crippen LogP contribution in [0.5, 0.6) is 0 Å². The predicted octanol–water partition coefficient (Wildman–Crippen LogP) is 8.07. The number of carbonyl (C=O) groups excluding carboxylic acids is 1. The Morgan fingerprint density at radius 2 is 1.28 bits per heavy atom. The molecule has 0 aromatic heterocycles. The average Bonchev–Trinajstić information content (AvgIpc) is 2.65.